The smallest absolute Gasteiger partial charge is 0.251 e. The van der Waals surface area contributed by atoms with E-state index in [1.165, 1.54) is 16.6 Å². The minimum absolute atomic E-state index is 0.0852. The van der Waals surface area contributed by atoms with Gasteiger partial charge in [-0.1, -0.05) is 36.4 Å². The first kappa shape index (κ1) is 22.5. The molecule has 3 rings (SSSR count). The minimum atomic E-state index is -3.50. The molecule has 0 aliphatic carbocycles. The number of nitrogens with one attached hydrogen (secondary N) is 1. The van der Waals surface area contributed by atoms with E-state index in [4.69, 9.17) is 0 Å². The van der Waals surface area contributed by atoms with Crippen molar-refractivity contribution in [3.8, 4) is 0 Å². The van der Waals surface area contributed by atoms with E-state index in [9.17, 15) is 17.6 Å². The van der Waals surface area contributed by atoms with Gasteiger partial charge in [-0.25, -0.2) is 12.8 Å². The summed E-state index contributed by atoms with van der Waals surface area (Å²) in [6.07, 6.45) is 1.17. The third kappa shape index (κ3) is 5.70. The number of hydrogen-bond donors (Lipinski definition) is 1. The van der Waals surface area contributed by atoms with Crippen LogP contribution < -0.4 is 9.62 Å². The molecule has 0 aliphatic rings. The zero-order valence-electron chi connectivity index (χ0n) is 17.7. The van der Waals surface area contributed by atoms with Crippen molar-refractivity contribution < 1.29 is 17.6 Å². The second kappa shape index (κ2) is 9.31. The summed E-state index contributed by atoms with van der Waals surface area (Å²) in [7, 11) is -3.50. The highest BCUT2D eigenvalue weighted by molar-refractivity contribution is 7.92. The van der Waals surface area contributed by atoms with Gasteiger partial charge in [-0.2, -0.15) is 0 Å². The van der Waals surface area contributed by atoms with E-state index in [1.54, 1.807) is 48.5 Å². The number of aryl methyl sites for hydroxylation is 2. The first-order chi connectivity index (χ1) is 14.6. The van der Waals surface area contributed by atoms with Crippen molar-refractivity contribution in [1.82, 2.24) is 5.32 Å². The lowest BCUT2D eigenvalue weighted by molar-refractivity contribution is 0.0950. The van der Waals surface area contributed by atoms with Crippen molar-refractivity contribution in [3.05, 3.63) is 100 Å². The number of hydrogen-bond acceptors (Lipinski definition) is 3. The largest absolute Gasteiger partial charge is 0.348 e. The molecule has 3 aromatic rings. The summed E-state index contributed by atoms with van der Waals surface area (Å²) < 4.78 is 39.8. The van der Waals surface area contributed by atoms with E-state index in [-0.39, 0.29) is 24.8 Å². The maximum absolute atomic E-state index is 13.7. The van der Waals surface area contributed by atoms with Crippen LogP contribution in [0.15, 0.2) is 66.7 Å². The Kier molecular flexibility index (Phi) is 6.75. The molecule has 1 amide bonds. The second-order valence-electron chi connectivity index (χ2n) is 7.51. The molecule has 0 unspecified atom stereocenters. The number of carbonyl (C=O) groups excluding carboxylic acids is 1. The van der Waals surface area contributed by atoms with E-state index >= 15 is 0 Å². The molecule has 0 saturated carbocycles. The van der Waals surface area contributed by atoms with Crippen molar-refractivity contribution in [2.24, 2.45) is 0 Å². The SMILES string of the molecule is Cc1ccc(N(Cc2ccc(C(=O)NCc3ccccc3F)cc2)S(C)(=O)=O)cc1C. The van der Waals surface area contributed by atoms with Gasteiger partial charge in [-0.05, 0) is 60.9 Å². The monoisotopic (exact) mass is 440 g/mol. The molecule has 0 aliphatic heterocycles. The quantitative estimate of drug-likeness (QED) is 0.594. The topological polar surface area (TPSA) is 66.5 Å². The van der Waals surface area contributed by atoms with Crippen LogP contribution in [0.2, 0.25) is 0 Å². The molecule has 7 heteroatoms. The van der Waals surface area contributed by atoms with Gasteiger partial charge in [-0.3, -0.25) is 9.10 Å². The minimum Gasteiger partial charge on any atom is -0.348 e. The lowest BCUT2D eigenvalue weighted by Gasteiger charge is -2.23. The summed E-state index contributed by atoms with van der Waals surface area (Å²) in [5.41, 5.74) is 4.25. The fraction of sp³-hybridized carbons (Fsp3) is 0.208. The third-order valence-corrected chi connectivity index (χ3v) is 6.26. The van der Waals surface area contributed by atoms with Crippen LogP contribution >= 0.6 is 0 Å². The van der Waals surface area contributed by atoms with Gasteiger partial charge in [0.25, 0.3) is 5.91 Å². The van der Waals surface area contributed by atoms with Gasteiger partial charge in [0.1, 0.15) is 5.82 Å². The molecule has 1 N–H and O–H groups in total. The molecule has 31 heavy (non-hydrogen) atoms. The summed E-state index contributed by atoms with van der Waals surface area (Å²) in [6, 6.07) is 18.5. The molecule has 0 bridgehead atoms. The number of halogens is 1. The Hall–Kier alpha value is -3.19. The fourth-order valence-corrected chi connectivity index (χ4v) is 4.01. The fourth-order valence-electron chi connectivity index (χ4n) is 3.13. The van der Waals surface area contributed by atoms with Gasteiger partial charge in [-0.15, -0.1) is 0 Å². The van der Waals surface area contributed by atoms with E-state index in [0.717, 1.165) is 16.7 Å². The third-order valence-electron chi connectivity index (χ3n) is 5.12. The highest BCUT2D eigenvalue weighted by Gasteiger charge is 2.18. The van der Waals surface area contributed by atoms with Crippen LogP contribution in [0.4, 0.5) is 10.1 Å². The molecule has 0 heterocycles. The number of benzene rings is 3. The van der Waals surface area contributed by atoms with Gasteiger partial charge in [0.15, 0.2) is 0 Å². The zero-order valence-corrected chi connectivity index (χ0v) is 18.5. The first-order valence-corrected chi connectivity index (χ1v) is 11.7. The molecule has 3 aromatic carbocycles. The lowest BCUT2D eigenvalue weighted by Crippen LogP contribution is -2.29. The predicted molar refractivity (Wildman–Crippen MR) is 121 cm³/mol. The number of anilines is 1. The van der Waals surface area contributed by atoms with Crippen molar-refractivity contribution in [1.29, 1.82) is 0 Å². The summed E-state index contributed by atoms with van der Waals surface area (Å²) in [5.74, 6) is -0.700. The Morgan fingerprint density at radius 3 is 2.26 bits per heavy atom. The standard InChI is InChI=1S/C24H25FN2O3S/c1-17-8-13-22(14-18(17)2)27(31(3,29)30)16-19-9-11-20(12-10-19)24(28)26-15-21-6-4-5-7-23(21)25/h4-14H,15-16H2,1-3H3,(H,26,28). The average Bonchev–Trinajstić information content (AvgIpc) is 2.73. The van der Waals surface area contributed by atoms with E-state index in [1.807, 2.05) is 26.0 Å². The molecule has 0 aromatic heterocycles. The number of carbonyl (C=O) groups is 1. The summed E-state index contributed by atoms with van der Waals surface area (Å²) in [6.45, 7) is 4.15. The lowest BCUT2D eigenvalue weighted by atomic mass is 10.1. The Morgan fingerprint density at radius 2 is 1.65 bits per heavy atom. The number of amides is 1. The Morgan fingerprint density at radius 1 is 0.968 bits per heavy atom. The van der Waals surface area contributed by atoms with Crippen molar-refractivity contribution >= 4 is 21.6 Å². The van der Waals surface area contributed by atoms with Gasteiger partial charge < -0.3 is 5.32 Å². The molecule has 0 saturated heterocycles. The van der Waals surface area contributed by atoms with Crippen molar-refractivity contribution in [2.75, 3.05) is 10.6 Å². The van der Waals surface area contributed by atoms with Gasteiger partial charge in [0, 0.05) is 17.7 Å². The van der Waals surface area contributed by atoms with Crippen LogP contribution in [-0.4, -0.2) is 20.6 Å². The van der Waals surface area contributed by atoms with Gasteiger partial charge in [0.05, 0.1) is 18.5 Å². The Balaban J connectivity index is 1.72. The molecule has 0 fully saturated rings. The van der Waals surface area contributed by atoms with Gasteiger partial charge in [0.2, 0.25) is 10.0 Å². The highest BCUT2D eigenvalue weighted by Crippen LogP contribution is 2.23. The molecule has 5 nitrogen and oxygen atoms in total. The van der Waals surface area contributed by atoms with E-state index in [2.05, 4.69) is 5.32 Å². The average molecular weight is 441 g/mol. The Labute approximate surface area is 182 Å². The van der Waals surface area contributed by atoms with E-state index < -0.39 is 10.0 Å². The molecule has 0 atom stereocenters. The van der Waals surface area contributed by atoms with Gasteiger partial charge >= 0.3 is 0 Å². The molecule has 162 valence electrons. The number of rotatable bonds is 7. The van der Waals surface area contributed by atoms with Crippen LogP contribution in [-0.2, 0) is 23.1 Å². The van der Waals surface area contributed by atoms with Crippen LogP contribution in [0.25, 0.3) is 0 Å². The molecular weight excluding hydrogens is 415 g/mol. The first-order valence-electron chi connectivity index (χ1n) is 9.80. The summed E-state index contributed by atoms with van der Waals surface area (Å²) in [4.78, 5) is 12.4. The maximum atomic E-state index is 13.7. The van der Waals surface area contributed by atoms with Crippen LogP contribution in [0.5, 0.6) is 0 Å². The normalized spacial score (nSPS) is 11.2. The Bertz CT molecular complexity index is 1190. The molecule has 0 radical (unpaired) electrons. The molecule has 0 spiro atoms. The predicted octanol–water partition coefficient (Wildman–Crippen LogP) is 4.34. The molecular formula is C24H25FN2O3S. The maximum Gasteiger partial charge on any atom is 0.251 e. The van der Waals surface area contributed by atoms with E-state index in [0.29, 0.717) is 16.8 Å². The van der Waals surface area contributed by atoms with Crippen molar-refractivity contribution in [3.63, 3.8) is 0 Å². The van der Waals surface area contributed by atoms with Crippen LogP contribution in [0.3, 0.4) is 0 Å². The second-order valence-corrected chi connectivity index (χ2v) is 9.42. The summed E-state index contributed by atoms with van der Waals surface area (Å²) in [5, 5.41) is 2.69. The van der Waals surface area contributed by atoms with Crippen molar-refractivity contribution in [2.45, 2.75) is 26.9 Å². The summed E-state index contributed by atoms with van der Waals surface area (Å²) >= 11 is 0. The zero-order chi connectivity index (χ0) is 22.6. The number of nitrogens with zero attached hydrogens (tertiary/aromatic N) is 1. The van der Waals surface area contributed by atoms with Crippen LogP contribution in [0, 0.1) is 19.7 Å². The highest BCUT2D eigenvalue weighted by atomic mass is 32.2. The van der Waals surface area contributed by atoms with Crippen LogP contribution in [0.1, 0.15) is 32.6 Å². The number of sulfonamides is 1.